The Morgan fingerprint density at radius 1 is 0.976 bits per heavy atom. The Morgan fingerprint density at radius 3 is 2.51 bits per heavy atom. The first-order valence-electron chi connectivity index (χ1n) is 15.7. The SMILES string of the molecule is CC[C@H](O)CO[C@@H]1CCC[C@H](OCc2ccc3c(c2)N(CCCOC)CCO3)[C@H]1c1ccc(COCC2CC2)cc1. The van der Waals surface area contributed by atoms with Crippen molar-refractivity contribution in [1.29, 1.82) is 0 Å². The van der Waals surface area contributed by atoms with Crippen molar-refractivity contribution < 1.29 is 28.8 Å². The minimum Gasteiger partial charge on any atom is -0.490 e. The number of aliphatic hydroxyl groups is 1. The first-order chi connectivity index (χ1) is 20.1. The molecule has 7 heteroatoms. The Kier molecular flexibility index (Phi) is 11.3. The van der Waals surface area contributed by atoms with E-state index >= 15 is 0 Å². The average molecular weight is 568 g/mol. The van der Waals surface area contributed by atoms with Crippen LogP contribution in [0.25, 0.3) is 0 Å². The number of hydrogen-bond donors (Lipinski definition) is 1. The van der Waals surface area contributed by atoms with E-state index in [-0.39, 0.29) is 18.1 Å². The van der Waals surface area contributed by atoms with Crippen molar-refractivity contribution in [1.82, 2.24) is 0 Å². The molecule has 0 amide bonds. The average Bonchev–Trinajstić information content (AvgIpc) is 3.84. The number of fused-ring (bicyclic) bond motifs is 1. The van der Waals surface area contributed by atoms with E-state index in [9.17, 15) is 5.11 Å². The van der Waals surface area contributed by atoms with Crippen LogP contribution in [0.15, 0.2) is 42.5 Å². The number of anilines is 1. The number of methoxy groups -OCH3 is 1. The molecule has 0 unspecified atom stereocenters. The van der Waals surface area contributed by atoms with Gasteiger partial charge < -0.3 is 33.7 Å². The molecule has 3 aliphatic rings. The highest BCUT2D eigenvalue weighted by Gasteiger charge is 2.36. The van der Waals surface area contributed by atoms with Crippen molar-refractivity contribution in [3.05, 3.63) is 59.2 Å². The molecule has 0 radical (unpaired) electrons. The third kappa shape index (κ3) is 8.68. The number of aliphatic hydroxyl groups excluding tert-OH is 1. The molecule has 41 heavy (non-hydrogen) atoms. The highest BCUT2D eigenvalue weighted by molar-refractivity contribution is 5.61. The Hall–Kier alpha value is -2.16. The van der Waals surface area contributed by atoms with Crippen molar-refractivity contribution in [2.75, 3.05) is 51.5 Å². The third-order valence-corrected chi connectivity index (χ3v) is 8.66. The summed E-state index contributed by atoms with van der Waals surface area (Å²) in [5.41, 5.74) is 4.73. The predicted molar refractivity (Wildman–Crippen MR) is 161 cm³/mol. The van der Waals surface area contributed by atoms with Gasteiger partial charge in [0.25, 0.3) is 0 Å². The van der Waals surface area contributed by atoms with Gasteiger partial charge in [0, 0.05) is 32.8 Å². The fourth-order valence-corrected chi connectivity index (χ4v) is 5.98. The Balaban J connectivity index is 1.27. The topological polar surface area (TPSA) is 69.6 Å². The zero-order valence-electron chi connectivity index (χ0n) is 25.0. The summed E-state index contributed by atoms with van der Waals surface area (Å²) < 4.78 is 30.2. The summed E-state index contributed by atoms with van der Waals surface area (Å²) >= 11 is 0. The van der Waals surface area contributed by atoms with Crippen LogP contribution < -0.4 is 9.64 Å². The van der Waals surface area contributed by atoms with Gasteiger partial charge in [-0.3, -0.25) is 0 Å². The number of ether oxygens (including phenoxy) is 5. The van der Waals surface area contributed by atoms with Crippen LogP contribution in [0.5, 0.6) is 5.75 Å². The molecular formula is C34H49NO6. The van der Waals surface area contributed by atoms with Gasteiger partial charge in [0.15, 0.2) is 0 Å². The fourth-order valence-electron chi connectivity index (χ4n) is 5.98. The van der Waals surface area contributed by atoms with Crippen molar-refractivity contribution >= 4 is 5.69 Å². The molecule has 2 fully saturated rings. The van der Waals surface area contributed by atoms with Gasteiger partial charge in [-0.25, -0.2) is 0 Å². The van der Waals surface area contributed by atoms with E-state index in [2.05, 4.69) is 47.4 Å². The molecule has 0 aromatic heterocycles. The molecule has 2 aliphatic carbocycles. The van der Waals surface area contributed by atoms with Gasteiger partial charge in [-0.05, 0) is 79.7 Å². The summed E-state index contributed by atoms with van der Waals surface area (Å²) in [6, 6.07) is 15.3. The lowest BCUT2D eigenvalue weighted by molar-refractivity contribution is -0.0858. The molecule has 1 aliphatic heterocycles. The van der Waals surface area contributed by atoms with E-state index in [1.807, 2.05) is 6.92 Å². The highest BCUT2D eigenvalue weighted by Crippen LogP contribution is 2.39. The zero-order chi connectivity index (χ0) is 28.4. The maximum Gasteiger partial charge on any atom is 0.142 e. The highest BCUT2D eigenvalue weighted by atomic mass is 16.5. The van der Waals surface area contributed by atoms with E-state index in [0.29, 0.717) is 32.8 Å². The quantitative estimate of drug-likeness (QED) is 0.255. The summed E-state index contributed by atoms with van der Waals surface area (Å²) in [5, 5.41) is 10.2. The van der Waals surface area contributed by atoms with Crippen LogP contribution >= 0.6 is 0 Å². The van der Waals surface area contributed by atoms with Crippen LogP contribution in [-0.2, 0) is 32.2 Å². The van der Waals surface area contributed by atoms with Crippen molar-refractivity contribution in [2.24, 2.45) is 5.92 Å². The molecule has 2 aromatic rings. The zero-order valence-corrected chi connectivity index (χ0v) is 25.0. The lowest BCUT2D eigenvalue weighted by Gasteiger charge is -2.39. The standard InChI is InChI=1S/C34H49NO6/c1-3-29(36)24-41-33-7-4-6-32(34(33)28-13-10-26(11-14-28)22-38-21-25-8-9-25)40-23-27-12-15-31-30(20-27)35(17-19-39-31)16-5-18-37-2/h10-15,20,25,29,32-34,36H,3-9,16-19,21-24H2,1-2H3/t29-,32-,33+,34+/m0/s1. The van der Waals surface area contributed by atoms with Crippen molar-refractivity contribution in [3.63, 3.8) is 0 Å². The van der Waals surface area contributed by atoms with E-state index in [1.165, 1.54) is 24.0 Å². The molecule has 226 valence electrons. The van der Waals surface area contributed by atoms with E-state index in [0.717, 1.165) is 74.9 Å². The van der Waals surface area contributed by atoms with E-state index < -0.39 is 6.10 Å². The summed E-state index contributed by atoms with van der Waals surface area (Å²) in [6.07, 6.45) is 6.92. The Morgan fingerprint density at radius 2 is 1.76 bits per heavy atom. The summed E-state index contributed by atoms with van der Waals surface area (Å²) in [5.74, 6) is 1.82. The minimum absolute atomic E-state index is 0.0140. The van der Waals surface area contributed by atoms with Crippen LogP contribution in [0.3, 0.4) is 0 Å². The smallest absolute Gasteiger partial charge is 0.142 e. The van der Waals surface area contributed by atoms with Crippen LogP contribution in [0, 0.1) is 5.92 Å². The maximum absolute atomic E-state index is 10.2. The van der Waals surface area contributed by atoms with Gasteiger partial charge in [-0.2, -0.15) is 0 Å². The Bertz CT molecular complexity index is 1060. The third-order valence-electron chi connectivity index (χ3n) is 8.66. The molecule has 1 N–H and O–H groups in total. The second kappa shape index (κ2) is 15.4. The van der Waals surface area contributed by atoms with Gasteiger partial charge in [0.05, 0.1) is 50.4 Å². The Labute approximate surface area is 246 Å². The predicted octanol–water partition coefficient (Wildman–Crippen LogP) is 5.86. The van der Waals surface area contributed by atoms with Crippen LogP contribution in [0.2, 0.25) is 0 Å². The number of nitrogens with zero attached hydrogens (tertiary/aromatic N) is 1. The van der Waals surface area contributed by atoms with E-state index in [4.69, 9.17) is 23.7 Å². The van der Waals surface area contributed by atoms with Gasteiger partial charge >= 0.3 is 0 Å². The van der Waals surface area contributed by atoms with Crippen LogP contribution in [0.4, 0.5) is 5.69 Å². The maximum atomic E-state index is 10.2. The van der Waals surface area contributed by atoms with Crippen LogP contribution in [-0.4, -0.2) is 70.0 Å². The largest absolute Gasteiger partial charge is 0.490 e. The minimum atomic E-state index is -0.438. The molecule has 4 atom stereocenters. The van der Waals surface area contributed by atoms with Gasteiger partial charge in [0.1, 0.15) is 12.4 Å². The van der Waals surface area contributed by atoms with E-state index in [1.54, 1.807) is 7.11 Å². The molecular weight excluding hydrogens is 518 g/mol. The number of benzene rings is 2. The van der Waals surface area contributed by atoms with Gasteiger partial charge in [0.2, 0.25) is 0 Å². The van der Waals surface area contributed by atoms with Crippen molar-refractivity contribution in [2.45, 2.75) is 89.3 Å². The number of hydrogen-bond acceptors (Lipinski definition) is 7. The summed E-state index contributed by atoms with van der Waals surface area (Å²) in [4.78, 5) is 2.39. The molecule has 2 saturated carbocycles. The fraction of sp³-hybridized carbons (Fsp3) is 0.647. The lowest BCUT2D eigenvalue weighted by atomic mass is 9.79. The summed E-state index contributed by atoms with van der Waals surface area (Å²) in [6.45, 7) is 7.72. The molecule has 0 saturated heterocycles. The first kappa shape index (κ1) is 30.3. The first-order valence-corrected chi connectivity index (χ1v) is 15.7. The second-order valence-corrected chi connectivity index (χ2v) is 11.9. The van der Waals surface area contributed by atoms with Crippen LogP contribution in [0.1, 0.15) is 74.5 Å². The normalized spacial score (nSPS) is 23.2. The second-order valence-electron chi connectivity index (χ2n) is 11.9. The van der Waals surface area contributed by atoms with Gasteiger partial charge in [-0.15, -0.1) is 0 Å². The number of rotatable bonds is 16. The van der Waals surface area contributed by atoms with Gasteiger partial charge in [-0.1, -0.05) is 37.3 Å². The summed E-state index contributed by atoms with van der Waals surface area (Å²) in [7, 11) is 1.75. The molecule has 0 bridgehead atoms. The molecule has 7 nitrogen and oxygen atoms in total. The lowest BCUT2D eigenvalue weighted by Crippen LogP contribution is -2.39. The molecule has 5 rings (SSSR count). The molecule has 1 heterocycles. The monoisotopic (exact) mass is 567 g/mol. The van der Waals surface area contributed by atoms with Crippen molar-refractivity contribution in [3.8, 4) is 5.75 Å². The molecule has 2 aromatic carbocycles. The molecule has 0 spiro atoms.